The van der Waals surface area contributed by atoms with E-state index in [2.05, 4.69) is 0 Å². The van der Waals surface area contributed by atoms with E-state index >= 15 is 0 Å². The lowest BCUT2D eigenvalue weighted by molar-refractivity contribution is 0.187. The van der Waals surface area contributed by atoms with Crippen molar-refractivity contribution in [1.82, 2.24) is 0 Å². The maximum atomic E-state index is 5.35. The molecule has 58 valence electrons. The van der Waals surface area contributed by atoms with Crippen molar-refractivity contribution in [3.63, 3.8) is 0 Å². The van der Waals surface area contributed by atoms with Gasteiger partial charge in [0, 0.05) is 8.03 Å². The molecule has 0 aromatic heterocycles. The van der Waals surface area contributed by atoms with E-state index in [1.54, 1.807) is 0 Å². The highest BCUT2D eigenvalue weighted by molar-refractivity contribution is 4.63. The van der Waals surface area contributed by atoms with Crippen molar-refractivity contribution in [3.8, 4) is 0 Å². The molecule has 2 heteroatoms. The predicted octanol–water partition coefficient (Wildman–Crippen LogP) is 1.25. The standard InChI is InChI=1S/C5H11NO.C2H6.H2/c6-3-5-1-2-7-4-5;1-2;/h5H,1-4,6H2;1-2H3;1H/t5-;;/m0../s1. The predicted molar refractivity (Wildman–Crippen MR) is 41.4 cm³/mol. The van der Waals surface area contributed by atoms with Crippen LogP contribution in [0.5, 0.6) is 0 Å². The minimum absolute atomic E-state index is 0. The van der Waals surface area contributed by atoms with E-state index in [1.807, 2.05) is 13.8 Å². The SMILES string of the molecule is CC.NC[C@@H]1CCOC1.[HH]. The van der Waals surface area contributed by atoms with Crippen LogP contribution in [-0.2, 0) is 4.74 Å². The second-order valence-corrected chi connectivity index (χ2v) is 1.97. The Labute approximate surface area is 58.9 Å². The Hall–Kier alpha value is -0.0800. The third-order valence-electron chi connectivity index (χ3n) is 1.36. The average Bonchev–Trinajstić information content (AvgIpc) is 2.43. The highest BCUT2D eigenvalue weighted by Gasteiger charge is 2.12. The fourth-order valence-electron chi connectivity index (χ4n) is 0.769. The summed E-state index contributed by atoms with van der Waals surface area (Å²) in [6, 6.07) is 0. The summed E-state index contributed by atoms with van der Waals surface area (Å²) in [5.41, 5.74) is 5.35. The molecule has 0 bridgehead atoms. The zero-order valence-electron chi connectivity index (χ0n) is 6.39. The average molecular weight is 133 g/mol. The first kappa shape index (κ1) is 8.92. The number of nitrogens with two attached hydrogens (primary N) is 1. The van der Waals surface area contributed by atoms with E-state index in [4.69, 9.17) is 10.5 Å². The molecule has 1 atom stereocenters. The van der Waals surface area contributed by atoms with Crippen LogP contribution >= 0.6 is 0 Å². The van der Waals surface area contributed by atoms with E-state index in [0.29, 0.717) is 5.92 Å². The Balaban J connectivity index is 0. The monoisotopic (exact) mass is 133 g/mol. The van der Waals surface area contributed by atoms with E-state index in [0.717, 1.165) is 26.2 Å². The smallest absolute Gasteiger partial charge is 0.0507 e. The van der Waals surface area contributed by atoms with Crippen LogP contribution in [0.25, 0.3) is 0 Å². The van der Waals surface area contributed by atoms with Crippen LogP contribution in [-0.4, -0.2) is 19.8 Å². The Morgan fingerprint density at radius 2 is 2.33 bits per heavy atom. The third-order valence-corrected chi connectivity index (χ3v) is 1.36. The zero-order chi connectivity index (χ0) is 7.11. The topological polar surface area (TPSA) is 35.2 Å². The van der Waals surface area contributed by atoms with E-state index in [-0.39, 0.29) is 1.43 Å². The summed E-state index contributed by atoms with van der Waals surface area (Å²) in [5.74, 6) is 0.653. The quantitative estimate of drug-likeness (QED) is 0.584. The Kier molecular flexibility index (Phi) is 5.99. The molecule has 0 saturated carbocycles. The molecule has 2 nitrogen and oxygen atoms in total. The zero-order valence-corrected chi connectivity index (χ0v) is 6.39. The van der Waals surface area contributed by atoms with E-state index < -0.39 is 0 Å². The van der Waals surface area contributed by atoms with Gasteiger partial charge in [0.05, 0.1) is 6.61 Å². The van der Waals surface area contributed by atoms with Gasteiger partial charge in [-0.3, -0.25) is 0 Å². The molecule has 0 aliphatic carbocycles. The summed E-state index contributed by atoms with van der Waals surface area (Å²) >= 11 is 0. The molecule has 9 heavy (non-hydrogen) atoms. The first-order valence-electron chi connectivity index (χ1n) is 3.71. The number of hydrogen-bond donors (Lipinski definition) is 1. The second-order valence-electron chi connectivity index (χ2n) is 1.97. The molecular weight excluding hydrogens is 114 g/mol. The molecular formula is C7H19NO. The second kappa shape index (κ2) is 6.05. The van der Waals surface area contributed by atoms with Gasteiger partial charge in [0.2, 0.25) is 0 Å². The van der Waals surface area contributed by atoms with Gasteiger partial charge in [-0.25, -0.2) is 0 Å². The summed E-state index contributed by atoms with van der Waals surface area (Å²) in [6.45, 7) is 6.60. The van der Waals surface area contributed by atoms with Gasteiger partial charge in [0.15, 0.2) is 0 Å². The highest BCUT2D eigenvalue weighted by Crippen LogP contribution is 2.08. The molecule has 1 heterocycles. The van der Waals surface area contributed by atoms with Crippen molar-refractivity contribution in [1.29, 1.82) is 0 Å². The fourth-order valence-corrected chi connectivity index (χ4v) is 0.769. The van der Waals surface area contributed by atoms with E-state index in [9.17, 15) is 0 Å². The van der Waals surface area contributed by atoms with Gasteiger partial charge >= 0.3 is 0 Å². The van der Waals surface area contributed by atoms with Gasteiger partial charge in [0.1, 0.15) is 0 Å². The van der Waals surface area contributed by atoms with Crippen molar-refractivity contribution in [2.45, 2.75) is 20.3 Å². The number of ether oxygens (including phenoxy) is 1. The molecule has 1 saturated heterocycles. The summed E-state index contributed by atoms with van der Waals surface area (Å²) in [7, 11) is 0. The molecule has 0 aromatic carbocycles. The molecule has 1 rings (SSSR count). The maximum absolute atomic E-state index is 5.35. The Morgan fingerprint density at radius 3 is 2.56 bits per heavy atom. The van der Waals surface area contributed by atoms with Crippen molar-refractivity contribution >= 4 is 0 Å². The van der Waals surface area contributed by atoms with Crippen LogP contribution in [0.2, 0.25) is 0 Å². The summed E-state index contributed by atoms with van der Waals surface area (Å²) < 4.78 is 5.07. The minimum atomic E-state index is 0. The lowest BCUT2D eigenvalue weighted by Crippen LogP contribution is -2.13. The molecule has 0 spiro atoms. The lowest BCUT2D eigenvalue weighted by Gasteiger charge is -1.97. The molecule has 0 unspecified atom stereocenters. The minimum Gasteiger partial charge on any atom is -0.381 e. The van der Waals surface area contributed by atoms with Gasteiger partial charge < -0.3 is 10.5 Å². The third kappa shape index (κ3) is 3.49. The van der Waals surface area contributed by atoms with E-state index in [1.165, 1.54) is 0 Å². The van der Waals surface area contributed by atoms with Gasteiger partial charge in [-0.1, -0.05) is 13.8 Å². The van der Waals surface area contributed by atoms with Gasteiger partial charge in [-0.15, -0.1) is 0 Å². The molecule has 2 N–H and O–H groups in total. The Morgan fingerprint density at radius 1 is 1.67 bits per heavy atom. The molecule has 1 fully saturated rings. The molecule has 1 aliphatic heterocycles. The van der Waals surface area contributed by atoms with Crippen LogP contribution in [0.3, 0.4) is 0 Å². The van der Waals surface area contributed by atoms with Gasteiger partial charge in [-0.2, -0.15) is 0 Å². The van der Waals surface area contributed by atoms with Crippen LogP contribution in [0, 0.1) is 5.92 Å². The normalized spacial score (nSPS) is 25.0. The van der Waals surface area contributed by atoms with Crippen molar-refractivity contribution in [2.24, 2.45) is 11.7 Å². The maximum Gasteiger partial charge on any atom is 0.0507 e. The highest BCUT2D eigenvalue weighted by atomic mass is 16.5. The molecule has 1 aliphatic rings. The van der Waals surface area contributed by atoms with Crippen molar-refractivity contribution in [3.05, 3.63) is 0 Å². The van der Waals surface area contributed by atoms with Crippen LogP contribution in [0.1, 0.15) is 21.7 Å². The van der Waals surface area contributed by atoms with Crippen molar-refractivity contribution < 1.29 is 6.16 Å². The summed E-state index contributed by atoms with van der Waals surface area (Å²) in [5, 5.41) is 0. The van der Waals surface area contributed by atoms with Gasteiger partial charge in [-0.05, 0) is 18.9 Å². The molecule has 0 radical (unpaired) electrons. The number of rotatable bonds is 1. The lowest BCUT2D eigenvalue weighted by atomic mass is 10.1. The first-order chi connectivity index (χ1) is 4.43. The summed E-state index contributed by atoms with van der Waals surface area (Å²) in [6.07, 6.45) is 1.16. The molecule has 0 amide bonds. The van der Waals surface area contributed by atoms with Gasteiger partial charge in [0.25, 0.3) is 0 Å². The Bertz CT molecular complexity index is 55.6. The van der Waals surface area contributed by atoms with Crippen LogP contribution in [0.4, 0.5) is 0 Å². The first-order valence-corrected chi connectivity index (χ1v) is 3.71. The van der Waals surface area contributed by atoms with Crippen LogP contribution < -0.4 is 5.73 Å². The summed E-state index contributed by atoms with van der Waals surface area (Å²) in [4.78, 5) is 0. The molecule has 0 aromatic rings. The number of hydrogen-bond acceptors (Lipinski definition) is 2. The van der Waals surface area contributed by atoms with Crippen molar-refractivity contribution in [2.75, 3.05) is 19.8 Å². The van der Waals surface area contributed by atoms with Crippen LogP contribution in [0.15, 0.2) is 0 Å². The fraction of sp³-hybridized carbons (Fsp3) is 1.00. The largest absolute Gasteiger partial charge is 0.381 e.